The first kappa shape index (κ1) is 35.2. The molecular weight excluding hydrogens is 484 g/mol. The highest BCUT2D eigenvalue weighted by atomic mass is 16.4. The second-order valence-corrected chi connectivity index (χ2v) is 9.91. The topological polar surface area (TPSA) is 205 Å². The molecule has 0 saturated carbocycles. The molecule has 2 atom stereocenters. The molecule has 0 spiro atoms. The molecule has 0 radical (unpaired) electrons. The summed E-state index contributed by atoms with van der Waals surface area (Å²) >= 11 is 0. The molecular formula is C27H54N8O3. The Labute approximate surface area is 229 Å². The van der Waals surface area contributed by atoms with Crippen LogP contribution in [0.1, 0.15) is 116 Å². The maximum Gasteiger partial charge on any atom is 0.326 e. The zero-order valence-electron chi connectivity index (χ0n) is 23.3. The minimum absolute atomic E-state index is 0.0345. The normalized spacial score (nSPS) is 12.9. The van der Waals surface area contributed by atoms with Crippen molar-refractivity contribution in [2.75, 3.05) is 6.54 Å². The van der Waals surface area contributed by atoms with Gasteiger partial charge in [0.05, 0.1) is 5.92 Å². The van der Waals surface area contributed by atoms with Crippen LogP contribution in [0.3, 0.4) is 0 Å². The first-order chi connectivity index (χ1) is 18.4. The van der Waals surface area contributed by atoms with Crippen LogP contribution in [-0.4, -0.2) is 41.2 Å². The molecule has 0 aromatic heterocycles. The average Bonchev–Trinajstić information content (AvgIpc) is 2.89. The van der Waals surface area contributed by atoms with Crippen LogP contribution in [-0.2, 0) is 9.59 Å². The number of unbranched alkanes of at least 4 members (excludes halogenated alkanes) is 13. The summed E-state index contributed by atoms with van der Waals surface area (Å²) in [4.78, 5) is 23.0. The van der Waals surface area contributed by atoms with E-state index in [-0.39, 0.29) is 17.7 Å². The number of amidine groups is 2. The van der Waals surface area contributed by atoms with E-state index in [0.29, 0.717) is 25.2 Å². The molecule has 11 heteroatoms. The number of hydrogen-bond acceptors (Lipinski definition) is 7. The molecule has 0 rings (SSSR count). The van der Waals surface area contributed by atoms with E-state index in [4.69, 9.17) is 27.9 Å². The van der Waals surface area contributed by atoms with Crippen molar-refractivity contribution in [3.8, 4) is 0 Å². The predicted octanol–water partition coefficient (Wildman–Crippen LogP) is 3.60. The van der Waals surface area contributed by atoms with Crippen LogP contribution in [0.25, 0.3) is 0 Å². The zero-order valence-corrected chi connectivity index (χ0v) is 23.3. The van der Waals surface area contributed by atoms with Crippen molar-refractivity contribution in [2.45, 2.75) is 122 Å². The van der Waals surface area contributed by atoms with Crippen LogP contribution < -0.4 is 33.5 Å². The molecule has 220 valence electrons. The monoisotopic (exact) mass is 538 g/mol. The maximum absolute atomic E-state index is 11.9. The summed E-state index contributed by atoms with van der Waals surface area (Å²) in [5, 5.41) is 25.9. The number of rotatable bonds is 26. The molecule has 0 saturated heterocycles. The van der Waals surface area contributed by atoms with Gasteiger partial charge >= 0.3 is 5.97 Å². The summed E-state index contributed by atoms with van der Waals surface area (Å²) < 4.78 is 0. The number of carboxylic acid groups (broad SMARTS) is 1. The molecule has 11 nitrogen and oxygen atoms in total. The highest BCUT2D eigenvalue weighted by molar-refractivity contribution is 6.03. The lowest BCUT2D eigenvalue weighted by Crippen LogP contribution is -2.42. The Hall–Kier alpha value is -2.82. The van der Waals surface area contributed by atoms with Crippen LogP contribution in [0.4, 0.5) is 0 Å². The van der Waals surface area contributed by atoms with Crippen molar-refractivity contribution in [1.29, 1.82) is 5.41 Å². The Morgan fingerprint density at radius 1 is 0.868 bits per heavy atom. The summed E-state index contributed by atoms with van der Waals surface area (Å²) in [5.74, 6) is 9.94. The number of nitrogens with zero attached hydrogens (tertiary/aromatic N) is 1. The van der Waals surface area contributed by atoms with Gasteiger partial charge in [0.15, 0.2) is 0 Å². The third-order valence-corrected chi connectivity index (χ3v) is 6.75. The molecule has 0 aromatic rings. The lowest BCUT2D eigenvalue weighted by Gasteiger charge is -2.16. The van der Waals surface area contributed by atoms with E-state index in [1.54, 1.807) is 0 Å². The van der Waals surface area contributed by atoms with Crippen molar-refractivity contribution in [2.24, 2.45) is 28.4 Å². The second kappa shape index (κ2) is 24.5. The molecule has 11 N–H and O–H groups in total. The van der Waals surface area contributed by atoms with Crippen LogP contribution in [0.15, 0.2) is 17.9 Å². The lowest BCUT2D eigenvalue weighted by atomic mass is 9.98. The van der Waals surface area contributed by atoms with Crippen molar-refractivity contribution in [3.63, 3.8) is 0 Å². The third-order valence-electron chi connectivity index (χ3n) is 6.75. The van der Waals surface area contributed by atoms with E-state index < -0.39 is 12.0 Å². The fourth-order valence-electron chi connectivity index (χ4n) is 4.46. The number of carboxylic acids is 1. The van der Waals surface area contributed by atoms with Crippen LogP contribution in [0, 0.1) is 11.3 Å². The third kappa shape index (κ3) is 19.3. The first-order valence-corrected chi connectivity index (χ1v) is 14.3. The van der Waals surface area contributed by atoms with Gasteiger partial charge in [0.1, 0.15) is 17.7 Å². The number of hydrazone groups is 1. The molecule has 38 heavy (non-hydrogen) atoms. The number of aliphatic carboxylic acids is 1. The lowest BCUT2D eigenvalue weighted by molar-refractivity contribution is -0.139. The molecule has 0 bridgehead atoms. The Kier molecular flexibility index (Phi) is 22.7. The predicted molar refractivity (Wildman–Crippen MR) is 155 cm³/mol. The Morgan fingerprint density at radius 2 is 1.37 bits per heavy atom. The van der Waals surface area contributed by atoms with E-state index in [0.717, 1.165) is 44.9 Å². The second-order valence-electron chi connectivity index (χ2n) is 9.91. The molecule has 0 aliphatic rings. The quantitative estimate of drug-likeness (QED) is 0.0268. The Balaban J connectivity index is 3.48. The van der Waals surface area contributed by atoms with E-state index in [2.05, 4.69) is 27.7 Å². The standard InChI is InChI=1S/C27H54N8O3/c1-2-32-23(27(37)38)19-16-17-21-33-24(36)20-15-13-11-9-7-5-3-4-6-8-10-12-14-18-22(25(28)29)26(34-30)35-31/h2,22-23,32H,1,3-21,30-31H2,(H3,28,29)(H,33,36)(H,34,35)(H,37,38)/t22?,23-/m0/s1. The van der Waals surface area contributed by atoms with Crippen molar-refractivity contribution >= 4 is 23.5 Å². The minimum atomic E-state index is -0.881. The molecule has 0 heterocycles. The Bertz CT molecular complexity index is 687. The Morgan fingerprint density at radius 3 is 1.82 bits per heavy atom. The number of carbonyl (C=O) groups is 2. The molecule has 1 amide bonds. The molecule has 0 aromatic carbocycles. The minimum Gasteiger partial charge on any atom is -0.480 e. The van der Waals surface area contributed by atoms with E-state index in [1.807, 2.05) is 0 Å². The fraction of sp³-hybridized carbons (Fsp3) is 0.778. The summed E-state index contributed by atoms with van der Waals surface area (Å²) in [6.45, 7) is 4.09. The van der Waals surface area contributed by atoms with E-state index >= 15 is 0 Å². The number of carbonyl (C=O) groups excluding carboxylic acids is 1. The van der Waals surface area contributed by atoms with Gasteiger partial charge in [-0.2, -0.15) is 5.10 Å². The zero-order chi connectivity index (χ0) is 28.4. The van der Waals surface area contributed by atoms with Crippen LogP contribution >= 0.6 is 0 Å². The van der Waals surface area contributed by atoms with Gasteiger partial charge in [0, 0.05) is 13.0 Å². The molecule has 0 fully saturated rings. The van der Waals surface area contributed by atoms with Gasteiger partial charge in [-0.3, -0.25) is 10.2 Å². The highest BCUT2D eigenvalue weighted by Crippen LogP contribution is 2.15. The van der Waals surface area contributed by atoms with Gasteiger partial charge in [-0.1, -0.05) is 83.6 Å². The van der Waals surface area contributed by atoms with Gasteiger partial charge in [0.25, 0.3) is 0 Å². The largest absolute Gasteiger partial charge is 0.480 e. The van der Waals surface area contributed by atoms with Crippen molar-refractivity contribution in [1.82, 2.24) is 16.1 Å². The average molecular weight is 539 g/mol. The number of hydrazine groups is 1. The van der Waals surface area contributed by atoms with Gasteiger partial charge in [-0.25, -0.2) is 10.6 Å². The molecule has 0 aliphatic heterocycles. The van der Waals surface area contributed by atoms with Gasteiger partial charge in [-0.15, -0.1) is 0 Å². The van der Waals surface area contributed by atoms with Crippen molar-refractivity contribution in [3.05, 3.63) is 12.8 Å². The molecule has 0 aliphatic carbocycles. The van der Waals surface area contributed by atoms with Crippen LogP contribution in [0.5, 0.6) is 0 Å². The number of amides is 1. The smallest absolute Gasteiger partial charge is 0.326 e. The summed E-state index contributed by atoms with van der Waals surface area (Å²) in [6.07, 6.45) is 20.0. The van der Waals surface area contributed by atoms with Gasteiger partial charge in [0.2, 0.25) is 5.91 Å². The van der Waals surface area contributed by atoms with E-state index in [1.165, 1.54) is 64.0 Å². The van der Waals surface area contributed by atoms with Crippen molar-refractivity contribution < 1.29 is 14.7 Å². The maximum atomic E-state index is 11.9. The van der Waals surface area contributed by atoms with E-state index in [9.17, 15) is 9.59 Å². The molecule has 1 unspecified atom stereocenters. The van der Waals surface area contributed by atoms with Gasteiger partial charge < -0.3 is 32.7 Å². The highest BCUT2D eigenvalue weighted by Gasteiger charge is 2.18. The SMILES string of the molecule is C=CN[C@@H](CCCCNC(=O)CCCCCCCCCCCCCCCC(C(=N)N)/C(=N/N)NN)C(=O)O. The number of nitrogens with two attached hydrogens (primary N) is 3. The number of nitrogens with one attached hydrogen (secondary N) is 4. The summed E-state index contributed by atoms with van der Waals surface area (Å²) in [7, 11) is 0. The van der Waals surface area contributed by atoms with Crippen LogP contribution in [0.2, 0.25) is 0 Å². The first-order valence-electron chi connectivity index (χ1n) is 14.3. The summed E-state index contributed by atoms with van der Waals surface area (Å²) in [6, 6.07) is -0.612. The summed E-state index contributed by atoms with van der Waals surface area (Å²) in [5.41, 5.74) is 8.05. The number of hydrogen-bond donors (Lipinski definition) is 8. The fourth-order valence-corrected chi connectivity index (χ4v) is 4.46. The van der Waals surface area contributed by atoms with Gasteiger partial charge in [-0.05, 0) is 38.3 Å².